The van der Waals surface area contributed by atoms with Crippen LogP contribution in [-0.4, -0.2) is 42.4 Å². The summed E-state index contributed by atoms with van der Waals surface area (Å²) in [6, 6.07) is 5.40. The van der Waals surface area contributed by atoms with Crippen LogP contribution in [0, 0.1) is 0 Å². The van der Waals surface area contributed by atoms with Gasteiger partial charge in [0.05, 0.1) is 12.5 Å². The molecule has 2 N–H and O–H groups in total. The van der Waals surface area contributed by atoms with Crippen molar-refractivity contribution in [2.75, 3.05) is 17.8 Å². The molecular formula is C13H15N5O5S. The number of carbonyl (C=O) groups excluding carboxylic acids is 1. The molecule has 0 unspecified atom stereocenters. The number of fused-ring (bicyclic) bond motifs is 1. The predicted octanol–water partition coefficient (Wildman–Crippen LogP) is -0.305. The van der Waals surface area contributed by atoms with Crippen LogP contribution in [0.15, 0.2) is 24.4 Å². The molecule has 1 aromatic heterocycles. The molecule has 0 aliphatic carbocycles. The van der Waals surface area contributed by atoms with Gasteiger partial charge in [-0.3, -0.25) is 9.52 Å². The Morgan fingerprint density at radius 1 is 1.33 bits per heavy atom. The van der Waals surface area contributed by atoms with Crippen molar-refractivity contribution in [3.63, 3.8) is 0 Å². The van der Waals surface area contributed by atoms with E-state index in [-0.39, 0.29) is 25.1 Å². The summed E-state index contributed by atoms with van der Waals surface area (Å²) in [5.41, 5.74) is 0.862. The maximum atomic E-state index is 11.9. The Kier molecular flexibility index (Phi) is 4.25. The van der Waals surface area contributed by atoms with Crippen LogP contribution in [0.2, 0.25) is 0 Å². The number of benzene rings is 1. The van der Waals surface area contributed by atoms with Gasteiger partial charge in [-0.1, -0.05) is 6.07 Å². The zero-order valence-electron chi connectivity index (χ0n) is 12.7. The van der Waals surface area contributed by atoms with Gasteiger partial charge < -0.3 is 14.8 Å². The molecule has 2 aromatic rings. The van der Waals surface area contributed by atoms with E-state index >= 15 is 0 Å². The maximum Gasteiger partial charge on any atom is 0.243 e. The van der Waals surface area contributed by atoms with Crippen molar-refractivity contribution >= 4 is 21.7 Å². The Hall–Kier alpha value is -2.82. The van der Waals surface area contributed by atoms with E-state index in [1.807, 2.05) is 6.07 Å². The van der Waals surface area contributed by atoms with Gasteiger partial charge in [0.2, 0.25) is 22.7 Å². The average Bonchev–Trinajstić information content (AvgIpc) is 3.12. The lowest BCUT2D eigenvalue weighted by atomic mass is 10.2. The second kappa shape index (κ2) is 6.35. The Morgan fingerprint density at radius 2 is 2.12 bits per heavy atom. The van der Waals surface area contributed by atoms with E-state index in [9.17, 15) is 13.2 Å². The molecule has 0 spiro atoms. The lowest BCUT2D eigenvalue weighted by molar-refractivity contribution is -0.122. The Balaban J connectivity index is 1.52. The fourth-order valence-electron chi connectivity index (χ4n) is 2.05. The van der Waals surface area contributed by atoms with Crippen molar-refractivity contribution in [2.24, 2.45) is 0 Å². The number of amides is 1. The van der Waals surface area contributed by atoms with E-state index in [0.717, 1.165) is 16.6 Å². The normalized spacial score (nSPS) is 12.9. The van der Waals surface area contributed by atoms with E-state index in [4.69, 9.17) is 9.47 Å². The molecule has 1 amide bonds. The summed E-state index contributed by atoms with van der Waals surface area (Å²) in [5, 5.41) is 10.4. The number of nitrogens with one attached hydrogen (secondary N) is 2. The molecule has 0 saturated carbocycles. The number of ether oxygens (including phenoxy) is 2. The lowest BCUT2D eigenvalue weighted by Gasteiger charge is -2.06. The Morgan fingerprint density at radius 3 is 2.92 bits per heavy atom. The van der Waals surface area contributed by atoms with Crippen LogP contribution in [0.4, 0.5) is 5.82 Å². The molecule has 1 aliphatic heterocycles. The van der Waals surface area contributed by atoms with Gasteiger partial charge in [-0.15, -0.1) is 5.10 Å². The highest BCUT2D eigenvalue weighted by Gasteiger charge is 2.14. The minimum atomic E-state index is -3.43. The summed E-state index contributed by atoms with van der Waals surface area (Å²) in [5.74, 6) is 1.07. The first-order valence-electron chi connectivity index (χ1n) is 6.92. The molecule has 10 nitrogen and oxygen atoms in total. The monoisotopic (exact) mass is 353 g/mol. The van der Waals surface area contributed by atoms with Gasteiger partial charge in [0, 0.05) is 6.54 Å². The molecular weight excluding hydrogens is 338 g/mol. The van der Waals surface area contributed by atoms with Crippen LogP contribution in [0.5, 0.6) is 11.5 Å². The van der Waals surface area contributed by atoms with Crippen LogP contribution in [0.25, 0.3) is 0 Å². The SMILES string of the molecule is CS(=O)(=O)Nc1cnn(CC(=O)NCc2ccc3c(c2)OCO3)n1. The number of anilines is 1. The van der Waals surface area contributed by atoms with Crippen molar-refractivity contribution in [3.8, 4) is 11.5 Å². The zero-order valence-corrected chi connectivity index (χ0v) is 13.5. The highest BCUT2D eigenvalue weighted by Crippen LogP contribution is 2.32. The zero-order chi connectivity index (χ0) is 17.2. The van der Waals surface area contributed by atoms with Gasteiger partial charge in [-0.05, 0) is 17.7 Å². The summed E-state index contributed by atoms with van der Waals surface area (Å²) in [6.45, 7) is 0.376. The van der Waals surface area contributed by atoms with Gasteiger partial charge in [0.25, 0.3) is 0 Å². The maximum absolute atomic E-state index is 11.9. The van der Waals surface area contributed by atoms with E-state index in [2.05, 4.69) is 20.2 Å². The van der Waals surface area contributed by atoms with Gasteiger partial charge in [-0.25, -0.2) is 8.42 Å². The van der Waals surface area contributed by atoms with Crippen LogP contribution in [-0.2, 0) is 27.9 Å². The topological polar surface area (TPSA) is 124 Å². The highest BCUT2D eigenvalue weighted by molar-refractivity contribution is 7.92. The second-order valence-electron chi connectivity index (χ2n) is 5.10. The van der Waals surface area contributed by atoms with Crippen molar-refractivity contribution in [2.45, 2.75) is 13.1 Å². The number of sulfonamides is 1. The van der Waals surface area contributed by atoms with Crippen molar-refractivity contribution in [3.05, 3.63) is 30.0 Å². The minimum absolute atomic E-state index is 0.0565. The van der Waals surface area contributed by atoms with Gasteiger partial charge in [0.1, 0.15) is 6.54 Å². The van der Waals surface area contributed by atoms with E-state index in [1.54, 1.807) is 12.1 Å². The molecule has 0 saturated heterocycles. The predicted molar refractivity (Wildman–Crippen MR) is 82.9 cm³/mol. The number of rotatable bonds is 6. The second-order valence-corrected chi connectivity index (χ2v) is 6.85. The first-order chi connectivity index (χ1) is 11.4. The van der Waals surface area contributed by atoms with E-state index < -0.39 is 10.0 Å². The fourth-order valence-corrected chi connectivity index (χ4v) is 2.52. The number of carbonyl (C=O) groups is 1. The third-order valence-corrected chi connectivity index (χ3v) is 3.62. The van der Waals surface area contributed by atoms with Gasteiger partial charge in [-0.2, -0.15) is 9.90 Å². The molecule has 2 heterocycles. The van der Waals surface area contributed by atoms with E-state index in [1.165, 1.54) is 6.20 Å². The van der Waals surface area contributed by atoms with Crippen LogP contribution >= 0.6 is 0 Å². The summed E-state index contributed by atoms with van der Waals surface area (Å²) in [7, 11) is -3.43. The number of nitrogens with zero attached hydrogens (tertiary/aromatic N) is 3. The smallest absolute Gasteiger partial charge is 0.243 e. The number of hydrogen-bond acceptors (Lipinski definition) is 7. The molecule has 0 fully saturated rings. The molecule has 3 rings (SSSR count). The Bertz CT molecular complexity index is 863. The van der Waals surface area contributed by atoms with Crippen LogP contribution in [0.3, 0.4) is 0 Å². The first-order valence-corrected chi connectivity index (χ1v) is 8.81. The lowest BCUT2D eigenvalue weighted by Crippen LogP contribution is -2.28. The van der Waals surface area contributed by atoms with Crippen molar-refractivity contribution in [1.29, 1.82) is 0 Å². The van der Waals surface area contributed by atoms with Crippen molar-refractivity contribution < 1.29 is 22.7 Å². The Labute approximate surface area is 137 Å². The first kappa shape index (κ1) is 16.1. The van der Waals surface area contributed by atoms with Crippen LogP contribution < -0.4 is 19.5 Å². The molecule has 24 heavy (non-hydrogen) atoms. The summed E-state index contributed by atoms with van der Waals surface area (Å²) >= 11 is 0. The van der Waals surface area contributed by atoms with Gasteiger partial charge >= 0.3 is 0 Å². The third kappa shape index (κ3) is 4.13. The standard InChI is InChI=1S/C13H15N5O5S/c1-24(20,21)17-12-6-15-18(16-12)7-13(19)14-5-9-2-3-10-11(4-9)23-8-22-10/h2-4,6H,5,7-8H2,1H3,(H,14,19)(H,16,17). The molecule has 1 aromatic carbocycles. The third-order valence-electron chi connectivity index (χ3n) is 3.04. The summed E-state index contributed by atoms with van der Waals surface area (Å²) in [6.07, 6.45) is 2.23. The van der Waals surface area contributed by atoms with E-state index in [0.29, 0.717) is 18.0 Å². The minimum Gasteiger partial charge on any atom is -0.454 e. The summed E-state index contributed by atoms with van der Waals surface area (Å²) in [4.78, 5) is 13.0. The van der Waals surface area contributed by atoms with Crippen LogP contribution in [0.1, 0.15) is 5.56 Å². The molecule has 128 valence electrons. The molecule has 11 heteroatoms. The number of aromatic nitrogens is 3. The molecule has 0 atom stereocenters. The largest absolute Gasteiger partial charge is 0.454 e. The fraction of sp³-hybridized carbons (Fsp3) is 0.308. The highest BCUT2D eigenvalue weighted by atomic mass is 32.2. The number of hydrogen-bond donors (Lipinski definition) is 2. The van der Waals surface area contributed by atoms with Gasteiger partial charge in [0.15, 0.2) is 17.3 Å². The average molecular weight is 353 g/mol. The molecule has 0 bridgehead atoms. The quantitative estimate of drug-likeness (QED) is 0.730. The molecule has 1 aliphatic rings. The molecule has 0 radical (unpaired) electrons. The summed E-state index contributed by atoms with van der Waals surface area (Å²) < 4.78 is 34.8. The van der Waals surface area contributed by atoms with Crippen molar-refractivity contribution in [1.82, 2.24) is 20.3 Å².